The number of carbonyl (C=O) groups is 1. The van der Waals surface area contributed by atoms with E-state index in [2.05, 4.69) is 27.6 Å². The number of hydrogen-bond acceptors (Lipinski definition) is 4. The molecule has 0 aliphatic carbocycles. The number of ether oxygens (including phenoxy) is 1. The molecule has 1 aromatic heterocycles. The van der Waals surface area contributed by atoms with E-state index in [9.17, 15) is 4.79 Å². The first kappa shape index (κ1) is 15.2. The largest absolute Gasteiger partial charge is 0.492 e. The van der Waals surface area contributed by atoms with Crippen LogP contribution in [0.1, 0.15) is 24.0 Å². The Balaban J connectivity index is 1.31. The highest BCUT2D eigenvalue weighted by atomic mass is 16.5. The van der Waals surface area contributed by atoms with Crippen molar-refractivity contribution in [1.82, 2.24) is 14.7 Å². The number of anilines is 1. The number of nitrogens with zero attached hydrogens (tertiary/aromatic N) is 3. The summed E-state index contributed by atoms with van der Waals surface area (Å²) in [5.41, 5.74) is 3.33. The maximum Gasteiger partial charge on any atom is 0.224 e. The second kappa shape index (κ2) is 6.28. The van der Waals surface area contributed by atoms with Crippen LogP contribution in [0, 0.1) is 0 Å². The maximum absolute atomic E-state index is 11.6. The molecule has 24 heavy (non-hydrogen) atoms. The van der Waals surface area contributed by atoms with Gasteiger partial charge in [0.1, 0.15) is 12.4 Å². The zero-order chi connectivity index (χ0) is 16.5. The predicted octanol–water partition coefficient (Wildman–Crippen LogP) is 1.96. The first-order valence-corrected chi connectivity index (χ1v) is 8.44. The third kappa shape index (κ3) is 3.43. The fraction of sp³-hybridized carbons (Fsp3) is 0.444. The zero-order valence-electron chi connectivity index (χ0n) is 13.9. The minimum absolute atomic E-state index is 0.103. The van der Waals surface area contributed by atoms with E-state index in [0.29, 0.717) is 19.1 Å². The normalized spacial score (nSPS) is 22.5. The maximum atomic E-state index is 11.6. The molecule has 1 saturated heterocycles. The Hall–Kier alpha value is -2.34. The van der Waals surface area contributed by atoms with Gasteiger partial charge in [0, 0.05) is 44.0 Å². The second-order valence-electron chi connectivity index (χ2n) is 6.64. The van der Waals surface area contributed by atoms with Crippen molar-refractivity contribution >= 4 is 11.6 Å². The van der Waals surface area contributed by atoms with Crippen molar-refractivity contribution in [3.63, 3.8) is 0 Å². The van der Waals surface area contributed by atoms with Gasteiger partial charge >= 0.3 is 0 Å². The average molecular weight is 326 g/mol. The molecule has 2 unspecified atom stereocenters. The molecule has 1 aromatic carbocycles. The van der Waals surface area contributed by atoms with Gasteiger partial charge in [-0.2, -0.15) is 5.10 Å². The number of carbonyl (C=O) groups excluding carboxylic acids is 1. The Morgan fingerprint density at radius 2 is 2.29 bits per heavy atom. The average Bonchev–Trinajstić information content (AvgIpc) is 3.21. The minimum atomic E-state index is 0.103. The lowest BCUT2D eigenvalue weighted by Gasteiger charge is -2.11. The number of nitrogens with one attached hydrogen (secondary N) is 1. The van der Waals surface area contributed by atoms with Gasteiger partial charge in [0.15, 0.2) is 0 Å². The summed E-state index contributed by atoms with van der Waals surface area (Å²) in [5.74, 6) is 0.990. The van der Waals surface area contributed by atoms with Crippen molar-refractivity contribution < 1.29 is 9.53 Å². The standard InChI is InChI=1S/C18H22N4O2/c1-21-9-13(8-19-21)10-22-11-15(22)12-24-16-5-6-17-14(7-16)3-2-4-18(23)20-17/h5-9,15H,2-4,10-12H2,1H3,(H,20,23). The Kier molecular flexibility index (Phi) is 3.98. The number of aromatic nitrogens is 2. The zero-order valence-corrected chi connectivity index (χ0v) is 13.9. The van der Waals surface area contributed by atoms with Gasteiger partial charge in [-0.3, -0.25) is 14.4 Å². The highest BCUT2D eigenvalue weighted by Crippen LogP contribution is 2.28. The van der Waals surface area contributed by atoms with Crippen LogP contribution in [0.15, 0.2) is 30.6 Å². The van der Waals surface area contributed by atoms with E-state index in [1.807, 2.05) is 30.1 Å². The highest BCUT2D eigenvalue weighted by molar-refractivity contribution is 5.92. The molecular weight excluding hydrogens is 304 g/mol. The third-order valence-electron chi connectivity index (χ3n) is 4.62. The van der Waals surface area contributed by atoms with E-state index >= 15 is 0 Å². The van der Waals surface area contributed by atoms with Crippen molar-refractivity contribution in [2.45, 2.75) is 31.8 Å². The summed E-state index contributed by atoms with van der Waals surface area (Å²) >= 11 is 0. The molecule has 2 aromatic rings. The number of aryl methyl sites for hydroxylation is 2. The molecule has 126 valence electrons. The summed E-state index contributed by atoms with van der Waals surface area (Å²) in [7, 11) is 1.94. The van der Waals surface area contributed by atoms with Gasteiger partial charge in [-0.05, 0) is 36.6 Å². The molecule has 0 spiro atoms. The molecule has 2 aliphatic rings. The van der Waals surface area contributed by atoms with Gasteiger partial charge in [-0.1, -0.05) is 0 Å². The lowest BCUT2D eigenvalue weighted by molar-refractivity contribution is -0.116. The van der Waals surface area contributed by atoms with E-state index < -0.39 is 0 Å². The molecule has 1 N–H and O–H groups in total. The van der Waals surface area contributed by atoms with Gasteiger partial charge in [-0.25, -0.2) is 0 Å². The monoisotopic (exact) mass is 326 g/mol. The molecule has 1 fully saturated rings. The van der Waals surface area contributed by atoms with Crippen LogP contribution in [0.2, 0.25) is 0 Å². The smallest absolute Gasteiger partial charge is 0.224 e. The number of rotatable bonds is 5. The molecule has 6 heteroatoms. The molecule has 6 nitrogen and oxygen atoms in total. The quantitative estimate of drug-likeness (QED) is 0.853. The van der Waals surface area contributed by atoms with E-state index in [4.69, 9.17) is 4.74 Å². The molecule has 2 atom stereocenters. The Bertz CT molecular complexity index is 755. The lowest BCUT2D eigenvalue weighted by Crippen LogP contribution is -2.11. The van der Waals surface area contributed by atoms with Crippen LogP contribution in [0.25, 0.3) is 0 Å². The van der Waals surface area contributed by atoms with E-state index in [0.717, 1.165) is 37.4 Å². The first-order valence-electron chi connectivity index (χ1n) is 8.44. The number of benzene rings is 1. The molecule has 4 rings (SSSR count). The van der Waals surface area contributed by atoms with Gasteiger partial charge < -0.3 is 10.1 Å². The summed E-state index contributed by atoms with van der Waals surface area (Å²) in [6.07, 6.45) is 6.37. The van der Waals surface area contributed by atoms with Gasteiger partial charge in [-0.15, -0.1) is 0 Å². The van der Waals surface area contributed by atoms with Crippen molar-refractivity contribution in [3.8, 4) is 5.75 Å². The van der Waals surface area contributed by atoms with E-state index in [1.54, 1.807) is 0 Å². The van der Waals surface area contributed by atoms with Gasteiger partial charge in [0.25, 0.3) is 0 Å². The topological polar surface area (TPSA) is 59.2 Å². The number of fused-ring (bicyclic) bond motifs is 1. The number of amides is 1. The molecular formula is C18H22N4O2. The second-order valence-corrected chi connectivity index (χ2v) is 6.64. The highest BCUT2D eigenvalue weighted by Gasteiger charge is 2.34. The molecule has 0 radical (unpaired) electrons. The molecule has 3 heterocycles. The fourth-order valence-electron chi connectivity index (χ4n) is 3.20. The van der Waals surface area contributed by atoms with Crippen LogP contribution in [0.4, 0.5) is 5.69 Å². The van der Waals surface area contributed by atoms with Gasteiger partial charge in [0.05, 0.1) is 12.2 Å². The van der Waals surface area contributed by atoms with Crippen LogP contribution < -0.4 is 10.1 Å². The van der Waals surface area contributed by atoms with Gasteiger partial charge in [0.2, 0.25) is 5.91 Å². The van der Waals surface area contributed by atoms with Crippen LogP contribution >= 0.6 is 0 Å². The van der Waals surface area contributed by atoms with Crippen LogP contribution in [0.5, 0.6) is 5.75 Å². The summed E-state index contributed by atoms with van der Waals surface area (Å²) in [4.78, 5) is 14.0. The van der Waals surface area contributed by atoms with Crippen molar-refractivity contribution in [1.29, 1.82) is 0 Å². The number of hydrogen-bond donors (Lipinski definition) is 1. The van der Waals surface area contributed by atoms with Crippen LogP contribution in [0.3, 0.4) is 0 Å². The van der Waals surface area contributed by atoms with Crippen LogP contribution in [-0.2, 0) is 24.8 Å². The van der Waals surface area contributed by atoms with Crippen molar-refractivity contribution in [2.24, 2.45) is 7.05 Å². The molecule has 0 saturated carbocycles. The van der Waals surface area contributed by atoms with E-state index in [-0.39, 0.29) is 5.91 Å². The Morgan fingerprint density at radius 3 is 3.12 bits per heavy atom. The molecule has 0 bridgehead atoms. The summed E-state index contributed by atoms with van der Waals surface area (Å²) in [5, 5.41) is 7.15. The van der Waals surface area contributed by atoms with Crippen molar-refractivity contribution in [2.75, 3.05) is 18.5 Å². The lowest BCUT2D eigenvalue weighted by atomic mass is 10.1. The Labute approximate surface area is 141 Å². The Morgan fingerprint density at radius 1 is 1.38 bits per heavy atom. The first-order chi connectivity index (χ1) is 11.7. The predicted molar refractivity (Wildman–Crippen MR) is 90.9 cm³/mol. The third-order valence-corrected chi connectivity index (χ3v) is 4.62. The molecule has 2 aliphatic heterocycles. The minimum Gasteiger partial charge on any atom is -0.492 e. The SMILES string of the molecule is Cn1cc(CN2CC2COc2ccc3c(c2)CCCC(=O)N3)cn1. The van der Waals surface area contributed by atoms with E-state index in [1.165, 1.54) is 11.1 Å². The summed E-state index contributed by atoms with van der Waals surface area (Å²) in [6, 6.07) is 6.44. The fourth-order valence-corrected chi connectivity index (χ4v) is 3.20. The molecule has 1 amide bonds. The van der Waals surface area contributed by atoms with Crippen LogP contribution in [-0.4, -0.2) is 39.8 Å². The summed E-state index contributed by atoms with van der Waals surface area (Å²) in [6.45, 7) is 2.69. The summed E-state index contributed by atoms with van der Waals surface area (Å²) < 4.78 is 7.79. The van der Waals surface area contributed by atoms with Crippen molar-refractivity contribution in [3.05, 3.63) is 41.7 Å².